The van der Waals surface area contributed by atoms with Gasteiger partial charge in [0.25, 0.3) is 0 Å². The second-order valence-electron chi connectivity index (χ2n) is 6.71. The zero-order valence-electron chi connectivity index (χ0n) is 15.9. The van der Waals surface area contributed by atoms with E-state index in [1.165, 1.54) is 16.5 Å². The summed E-state index contributed by atoms with van der Waals surface area (Å²) in [6.07, 6.45) is 3.05. The van der Waals surface area contributed by atoms with Crippen molar-refractivity contribution in [1.29, 1.82) is 0 Å². The minimum atomic E-state index is 0.808. The fraction of sp³-hybridized carbons (Fsp3) is 0.167. The maximum Gasteiger partial charge on any atom is 0.127 e. The highest BCUT2D eigenvalue weighted by molar-refractivity contribution is 5.84. The van der Waals surface area contributed by atoms with Crippen molar-refractivity contribution in [1.82, 2.24) is 10.3 Å². The molecule has 0 bridgehead atoms. The van der Waals surface area contributed by atoms with E-state index < -0.39 is 0 Å². The number of hydrogen-bond donors (Lipinski definition) is 2. The molecule has 1 heterocycles. The summed E-state index contributed by atoms with van der Waals surface area (Å²) in [5.41, 5.74) is 3.63. The molecule has 0 fully saturated rings. The van der Waals surface area contributed by atoms with Crippen LogP contribution in [0.5, 0.6) is 17.2 Å². The third kappa shape index (κ3) is 4.35. The van der Waals surface area contributed by atoms with Crippen LogP contribution >= 0.6 is 0 Å². The van der Waals surface area contributed by atoms with Gasteiger partial charge in [0.2, 0.25) is 0 Å². The number of rotatable bonds is 8. The molecule has 4 rings (SSSR count). The van der Waals surface area contributed by atoms with Gasteiger partial charge in [-0.05, 0) is 60.5 Å². The van der Waals surface area contributed by atoms with Crippen LogP contribution in [-0.4, -0.2) is 18.6 Å². The van der Waals surface area contributed by atoms with Gasteiger partial charge in [-0.1, -0.05) is 30.3 Å². The lowest BCUT2D eigenvalue weighted by Gasteiger charge is -2.09. The molecule has 0 radical (unpaired) electrons. The van der Waals surface area contributed by atoms with E-state index in [2.05, 4.69) is 34.7 Å². The van der Waals surface area contributed by atoms with Crippen molar-refractivity contribution in [3.63, 3.8) is 0 Å². The van der Waals surface area contributed by atoms with Crippen LogP contribution in [0.1, 0.15) is 11.1 Å². The van der Waals surface area contributed by atoms with Gasteiger partial charge in [0.1, 0.15) is 17.2 Å². The van der Waals surface area contributed by atoms with E-state index in [1.807, 2.05) is 54.6 Å². The van der Waals surface area contributed by atoms with Gasteiger partial charge >= 0.3 is 0 Å². The number of benzene rings is 3. The minimum Gasteiger partial charge on any atom is -0.497 e. The average molecular weight is 372 g/mol. The molecule has 4 aromatic rings. The first-order valence-corrected chi connectivity index (χ1v) is 9.48. The fourth-order valence-electron chi connectivity index (χ4n) is 3.30. The topological polar surface area (TPSA) is 46.3 Å². The van der Waals surface area contributed by atoms with Gasteiger partial charge in [0.15, 0.2) is 0 Å². The quantitative estimate of drug-likeness (QED) is 0.413. The molecule has 28 heavy (non-hydrogen) atoms. The van der Waals surface area contributed by atoms with Gasteiger partial charge < -0.3 is 19.8 Å². The molecule has 142 valence electrons. The van der Waals surface area contributed by atoms with Gasteiger partial charge in [-0.2, -0.15) is 0 Å². The summed E-state index contributed by atoms with van der Waals surface area (Å²) in [4.78, 5) is 3.33. The Bertz CT molecular complexity index is 1040. The summed E-state index contributed by atoms with van der Waals surface area (Å²) in [5.74, 6) is 2.58. The van der Waals surface area contributed by atoms with E-state index in [1.54, 1.807) is 7.11 Å². The third-order valence-electron chi connectivity index (χ3n) is 4.75. The lowest BCUT2D eigenvalue weighted by atomic mass is 10.1. The van der Waals surface area contributed by atoms with E-state index in [-0.39, 0.29) is 0 Å². The number of methoxy groups -OCH3 is 1. The van der Waals surface area contributed by atoms with E-state index in [9.17, 15) is 0 Å². The Morgan fingerprint density at radius 3 is 2.57 bits per heavy atom. The first-order valence-electron chi connectivity index (χ1n) is 9.48. The predicted molar refractivity (Wildman–Crippen MR) is 113 cm³/mol. The Morgan fingerprint density at radius 2 is 1.71 bits per heavy atom. The maximum absolute atomic E-state index is 5.91. The Kier molecular flexibility index (Phi) is 5.59. The van der Waals surface area contributed by atoms with Gasteiger partial charge in [-0.15, -0.1) is 0 Å². The van der Waals surface area contributed by atoms with Crippen LogP contribution in [0.4, 0.5) is 0 Å². The molecule has 0 aliphatic rings. The van der Waals surface area contributed by atoms with Crippen LogP contribution < -0.4 is 14.8 Å². The molecule has 4 nitrogen and oxygen atoms in total. The van der Waals surface area contributed by atoms with E-state index in [0.717, 1.165) is 42.3 Å². The normalized spacial score (nSPS) is 10.9. The van der Waals surface area contributed by atoms with Crippen LogP contribution in [0.3, 0.4) is 0 Å². The van der Waals surface area contributed by atoms with Crippen molar-refractivity contribution in [3.8, 4) is 17.2 Å². The number of hydrogen-bond acceptors (Lipinski definition) is 3. The van der Waals surface area contributed by atoms with Crippen LogP contribution in [-0.2, 0) is 13.0 Å². The molecular weight excluding hydrogens is 348 g/mol. The SMILES string of the molecule is COc1ccc2c(CCNCc3cccc(Oc4ccccc4)c3)c[nH]c2c1. The second-order valence-corrected chi connectivity index (χ2v) is 6.71. The molecule has 1 aromatic heterocycles. The van der Waals surface area contributed by atoms with Crippen molar-refractivity contribution >= 4 is 10.9 Å². The molecule has 0 atom stereocenters. The fourth-order valence-corrected chi connectivity index (χ4v) is 3.30. The van der Waals surface area contributed by atoms with Crippen molar-refractivity contribution in [2.75, 3.05) is 13.7 Å². The molecular formula is C24H24N2O2. The minimum absolute atomic E-state index is 0.808. The molecule has 0 amide bonds. The van der Waals surface area contributed by atoms with Gasteiger partial charge in [-0.25, -0.2) is 0 Å². The molecule has 0 aliphatic carbocycles. The van der Waals surface area contributed by atoms with Crippen molar-refractivity contribution in [2.24, 2.45) is 0 Å². The van der Waals surface area contributed by atoms with Gasteiger partial charge in [0.05, 0.1) is 7.11 Å². The zero-order valence-corrected chi connectivity index (χ0v) is 15.9. The van der Waals surface area contributed by atoms with Gasteiger partial charge in [0, 0.05) is 29.7 Å². The van der Waals surface area contributed by atoms with Crippen molar-refractivity contribution in [2.45, 2.75) is 13.0 Å². The Morgan fingerprint density at radius 1 is 0.857 bits per heavy atom. The predicted octanol–water partition coefficient (Wildman–Crippen LogP) is 5.30. The highest BCUT2D eigenvalue weighted by Gasteiger charge is 2.05. The van der Waals surface area contributed by atoms with Crippen LogP contribution in [0, 0.1) is 0 Å². The number of aromatic nitrogens is 1. The first kappa shape index (κ1) is 18.1. The number of ether oxygens (including phenoxy) is 2. The van der Waals surface area contributed by atoms with E-state index in [4.69, 9.17) is 9.47 Å². The lowest BCUT2D eigenvalue weighted by molar-refractivity contribution is 0.415. The summed E-state index contributed by atoms with van der Waals surface area (Å²) < 4.78 is 11.2. The third-order valence-corrected chi connectivity index (χ3v) is 4.75. The molecule has 0 unspecified atom stereocenters. The first-order chi connectivity index (χ1) is 13.8. The molecule has 4 heteroatoms. The molecule has 0 saturated heterocycles. The Labute approximate surface area is 165 Å². The highest BCUT2D eigenvalue weighted by Crippen LogP contribution is 2.24. The summed E-state index contributed by atoms with van der Waals surface area (Å²) >= 11 is 0. The summed E-state index contributed by atoms with van der Waals surface area (Å²) in [6, 6.07) is 24.2. The molecule has 3 aromatic carbocycles. The maximum atomic E-state index is 5.91. The molecule has 0 saturated carbocycles. The summed E-state index contributed by atoms with van der Waals surface area (Å²) in [7, 11) is 1.69. The largest absolute Gasteiger partial charge is 0.497 e. The van der Waals surface area contributed by atoms with E-state index in [0.29, 0.717) is 0 Å². The number of aromatic amines is 1. The van der Waals surface area contributed by atoms with Crippen LogP contribution in [0.15, 0.2) is 79.0 Å². The van der Waals surface area contributed by atoms with Crippen LogP contribution in [0.2, 0.25) is 0 Å². The average Bonchev–Trinajstić information content (AvgIpc) is 3.14. The Balaban J connectivity index is 1.31. The lowest BCUT2D eigenvalue weighted by Crippen LogP contribution is -2.16. The number of fused-ring (bicyclic) bond motifs is 1. The van der Waals surface area contributed by atoms with Crippen molar-refractivity contribution < 1.29 is 9.47 Å². The number of nitrogens with one attached hydrogen (secondary N) is 2. The highest BCUT2D eigenvalue weighted by atomic mass is 16.5. The number of para-hydroxylation sites is 1. The number of H-pyrrole nitrogens is 1. The van der Waals surface area contributed by atoms with Gasteiger partial charge in [-0.3, -0.25) is 0 Å². The smallest absolute Gasteiger partial charge is 0.127 e. The molecule has 0 spiro atoms. The Hall–Kier alpha value is -3.24. The standard InChI is InChI=1S/C24H24N2O2/c1-27-21-10-11-23-19(17-26-24(23)15-21)12-13-25-16-18-6-5-9-22(14-18)28-20-7-3-2-4-8-20/h2-11,14-15,17,25-26H,12-13,16H2,1H3. The summed E-state index contributed by atoms with van der Waals surface area (Å²) in [5, 5.41) is 4.77. The zero-order chi connectivity index (χ0) is 19.2. The van der Waals surface area contributed by atoms with E-state index >= 15 is 0 Å². The molecule has 0 aliphatic heterocycles. The summed E-state index contributed by atoms with van der Waals surface area (Å²) in [6.45, 7) is 1.71. The monoisotopic (exact) mass is 372 g/mol. The van der Waals surface area contributed by atoms with Crippen molar-refractivity contribution in [3.05, 3.63) is 90.1 Å². The second kappa shape index (κ2) is 8.63. The van der Waals surface area contributed by atoms with Crippen LogP contribution in [0.25, 0.3) is 10.9 Å². The molecule has 2 N–H and O–H groups in total.